The molecule has 1 aromatic carbocycles. The molecule has 2 aliphatic heterocycles. The van der Waals surface area contributed by atoms with Crippen LogP contribution in [0.4, 0.5) is 5.82 Å². The van der Waals surface area contributed by atoms with Crippen molar-refractivity contribution in [2.75, 3.05) is 38.3 Å². The van der Waals surface area contributed by atoms with Crippen molar-refractivity contribution >= 4 is 17.9 Å². The first-order valence-corrected chi connectivity index (χ1v) is 9.54. The Kier molecular flexibility index (Phi) is 5.68. The van der Waals surface area contributed by atoms with Gasteiger partial charge in [0.2, 0.25) is 0 Å². The fraction of sp³-hybridized carbons (Fsp3) is 0.400. The molecule has 4 rings (SSSR count). The molecule has 0 unspecified atom stereocenters. The summed E-state index contributed by atoms with van der Waals surface area (Å²) >= 11 is 0. The standard InChI is InChI=1S/C20H24N6O3/c1-27-17-5-3-2-4-15(17)12-23-25-19(21)16-13-22-14-18(24-16)26-8-6-20(7-9-26)28-10-11-29-20/h2-5,12-14H,6-11H2,1H3,(H2,21,25)/b23-12+. The van der Waals surface area contributed by atoms with Crippen molar-refractivity contribution in [2.24, 2.45) is 15.9 Å². The summed E-state index contributed by atoms with van der Waals surface area (Å²) in [6.07, 6.45) is 6.49. The van der Waals surface area contributed by atoms with Crippen molar-refractivity contribution in [1.82, 2.24) is 9.97 Å². The van der Waals surface area contributed by atoms with Crippen LogP contribution in [0, 0.1) is 0 Å². The predicted octanol–water partition coefficient (Wildman–Crippen LogP) is 1.57. The lowest BCUT2D eigenvalue weighted by atomic mass is 10.0. The Morgan fingerprint density at radius 2 is 1.97 bits per heavy atom. The van der Waals surface area contributed by atoms with E-state index >= 15 is 0 Å². The highest BCUT2D eigenvalue weighted by atomic mass is 16.7. The van der Waals surface area contributed by atoms with Crippen molar-refractivity contribution in [3.8, 4) is 5.75 Å². The molecule has 0 atom stereocenters. The van der Waals surface area contributed by atoms with Crippen LogP contribution in [-0.2, 0) is 9.47 Å². The van der Waals surface area contributed by atoms with E-state index in [-0.39, 0.29) is 5.84 Å². The highest BCUT2D eigenvalue weighted by Gasteiger charge is 2.40. The molecule has 0 aliphatic carbocycles. The molecule has 2 saturated heterocycles. The van der Waals surface area contributed by atoms with Crippen molar-refractivity contribution in [1.29, 1.82) is 0 Å². The smallest absolute Gasteiger partial charge is 0.173 e. The van der Waals surface area contributed by atoms with E-state index in [1.165, 1.54) is 0 Å². The van der Waals surface area contributed by atoms with Crippen molar-refractivity contribution in [2.45, 2.75) is 18.6 Å². The van der Waals surface area contributed by atoms with Gasteiger partial charge in [-0.15, -0.1) is 5.10 Å². The molecule has 0 amide bonds. The number of aromatic nitrogens is 2. The number of hydrogen-bond acceptors (Lipinski definition) is 8. The zero-order valence-corrected chi connectivity index (χ0v) is 16.3. The fourth-order valence-electron chi connectivity index (χ4n) is 3.47. The summed E-state index contributed by atoms with van der Waals surface area (Å²) < 4.78 is 16.8. The first-order valence-electron chi connectivity index (χ1n) is 9.54. The molecule has 3 heterocycles. The number of rotatable bonds is 5. The van der Waals surface area contributed by atoms with E-state index in [1.807, 2.05) is 24.3 Å². The summed E-state index contributed by atoms with van der Waals surface area (Å²) in [5, 5.41) is 8.12. The summed E-state index contributed by atoms with van der Waals surface area (Å²) in [5.41, 5.74) is 7.36. The van der Waals surface area contributed by atoms with Crippen LogP contribution >= 0.6 is 0 Å². The number of para-hydroxylation sites is 1. The maximum atomic E-state index is 6.07. The normalized spacial score (nSPS) is 19.2. The highest BCUT2D eigenvalue weighted by Crippen LogP contribution is 2.32. The molecule has 29 heavy (non-hydrogen) atoms. The van der Waals surface area contributed by atoms with E-state index in [0.717, 1.165) is 37.3 Å². The van der Waals surface area contributed by atoms with Gasteiger partial charge in [0.25, 0.3) is 0 Å². The van der Waals surface area contributed by atoms with Crippen LogP contribution in [0.3, 0.4) is 0 Å². The van der Waals surface area contributed by atoms with Gasteiger partial charge in [0.15, 0.2) is 11.6 Å². The molecular formula is C20H24N6O3. The van der Waals surface area contributed by atoms with Gasteiger partial charge < -0.3 is 24.8 Å². The van der Waals surface area contributed by atoms with Crippen LogP contribution in [0.2, 0.25) is 0 Å². The molecule has 9 nitrogen and oxygen atoms in total. The molecule has 152 valence electrons. The van der Waals surface area contributed by atoms with Gasteiger partial charge in [0.05, 0.1) is 38.9 Å². The summed E-state index contributed by atoms with van der Waals surface area (Å²) in [6.45, 7) is 2.89. The second kappa shape index (κ2) is 8.54. The molecule has 0 radical (unpaired) electrons. The van der Waals surface area contributed by atoms with Gasteiger partial charge in [0.1, 0.15) is 17.3 Å². The van der Waals surface area contributed by atoms with Crippen molar-refractivity contribution < 1.29 is 14.2 Å². The molecular weight excluding hydrogens is 372 g/mol. The third kappa shape index (κ3) is 4.36. The van der Waals surface area contributed by atoms with Crippen LogP contribution < -0.4 is 15.4 Å². The second-order valence-corrected chi connectivity index (χ2v) is 6.83. The zero-order chi connectivity index (χ0) is 20.1. The van der Waals surface area contributed by atoms with Gasteiger partial charge in [-0.2, -0.15) is 5.10 Å². The second-order valence-electron chi connectivity index (χ2n) is 6.83. The number of methoxy groups -OCH3 is 1. The number of benzene rings is 1. The van der Waals surface area contributed by atoms with Crippen LogP contribution in [0.25, 0.3) is 0 Å². The predicted molar refractivity (Wildman–Crippen MR) is 109 cm³/mol. The minimum atomic E-state index is -0.421. The molecule has 2 N–H and O–H groups in total. The lowest BCUT2D eigenvalue weighted by molar-refractivity contribution is -0.169. The number of ether oxygens (including phenoxy) is 3. The molecule has 2 aromatic rings. The molecule has 2 aliphatic rings. The third-order valence-corrected chi connectivity index (χ3v) is 5.05. The van der Waals surface area contributed by atoms with E-state index in [9.17, 15) is 0 Å². The zero-order valence-electron chi connectivity index (χ0n) is 16.3. The minimum Gasteiger partial charge on any atom is -0.496 e. The van der Waals surface area contributed by atoms with Gasteiger partial charge >= 0.3 is 0 Å². The first-order chi connectivity index (χ1) is 14.2. The maximum Gasteiger partial charge on any atom is 0.173 e. The average Bonchev–Trinajstić information content (AvgIpc) is 3.22. The molecule has 9 heteroatoms. The van der Waals surface area contributed by atoms with E-state index in [4.69, 9.17) is 19.9 Å². The Balaban J connectivity index is 1.44. The van der Waals surface area contributed by atoms with E-state index in [1.54, 1.807) is 25.7 Å². The molecule has 0 saturated carbocycles. The van der Waals surface area contributed by atoms with Crippen molar-refractivity contribution in [3.05, 3.63) is 47.9 Å². The first kappa shape index (κ1) is 19.3. The van der Waals surface area contributed by atoms with Crippen LogP contribution in [0.5, 0.6) is 5.75 Å². The van der Waals surface area contributed by atoms with Gasteiger partial charge in [-0.05, 0) is 12.1 Å². The molecule has 0 bridgehead atoms. The summed E-state index contributed by atoms with van der Waals surface area (Å²) in [5.74, 6) is 1.24. The van der Waals surface area contributed by atoms with E-state index in [0.29, 0.717) is 24.7 Å². The highest BCUT2D eigenvalue weighted by molar-refractivity contribution is 5.96. The molecule has 1 spiro atoms. The largest absolute Gasteiger partial charge is 0.496 e. The van der Waals surface area contributed by atoms with E-state index < -0.39 is 5.79 Å². The number of hydrogen-bond donors (Lipinski definition) is 1. The summed E-state index contributed by atoms with van der Waals surface area (Å²) in [6, 6.07) is 7.53. The van der Waals surface area contributed by atoms with Crippen LogP contribution in [-0.4, -0.2) is 61.2 Å². The quantitative estimate of drug-likeness (QED) is 0.464. The number of anilines is 1. The van der Waals surface area contributed by atoms with Crippen LogP contribution in [0.15, 0.2) is 46.9 Å². The Bertz CT molecular complexity index is 901. The molecule has 1 aromatic heterocycles. The van der Waals surface area contributed by atoms with Gasteiger partial charge in [0, 0.05) is 31.5 Å². The monoisotopic (exact) mass is 396 g/mol. The van der Waals surface area contributed by atoms with Gasteiger partial charge in [-0.1, -0.05) is 12.1 Å². The fourth-order valence-corrected chi connectivity index (χ4v) is 3.47. The Hall–Kier alpha value is -3.04. The van der Waals surface area contributed by atoms with Crippen LogP contribution in [0.1, 0.15) is 24.1 Å². The number of nitrogens with two attached hydrogens (primary N) is 1. The number of nitrogens with zero attached hydrogens (tertiary/aromatic N) is 5. The SMILES string of the molecule is COc1ccccc1/C=N/N=C(/N)c1cncc(N2CCC3(CC2)OCCO3)n1. The molecule has 2 fully saturated rings. The van der Waals surface area contributed by atoms with Crippen molar-refractivity contribution in [3.63, 3.8) is 0 Å². The Labute approximate surface area is 169 Å². The number of piperidine rings is 1. The lowest BCUT2D eigenvalue weighted by Gasteiger charge is -2.38. The topological polar surface area (TPSA) is 107 Å². The third-order valence-electron chi connectivity index (χ3n) is 5.05. The van der Waals surface area contributed by atoms with E-state index in [2.05, 4.69) is 25.1 Å². The number of amidine groups is 1. The minimum absolute atomic E-state index is 0.196. The summed E-state index contributed by atoms with van der Waals surface area (Å²) in [7, 11) is 1.61. The average molecular weight is 396 g/mol. The van der Waals surface area contributed by atoms with Gasteiger partial charge in [-0.3, -0.25) is 4.98 Å². The summed E-state index contributed by atoms with van der Waals surface area (Å²) in [4.78, 5) is 11.0. The Morgan fingerprint density at radius 3 is 2.72 bits per heavy atom. The van der Waals surface area contributed by atoms with Gasteiger partial charge in [-0.25, -0.2) is 4.98 Å². The Morgan fingerprint density at radius 1 is 1.21 bits per heavy atom. The lowest BCUT2D eigenvalue weighted by Crippen LogP contribution is -2.45. The maximum absolute atomic E-state index is 6.07.